The molecule has 45 heavy (non-hydrogen) atoms. The van der Waals surface area contributed by atoms with E-state index >= 15 is 0 Å². The molecule has 0 unspecified atom stereocenters. The number of fused-ring (bicyclic) bond motifs is 10. The normalized spacial score (nSPS) is 12.4. The monoisotopic (exact) mass is 606 g/mol. The van der Waals surface area contributed by atoms with Gasteiger partial charge in [0.2, 0.25) is 0 Å². The zero-order valence-electron chi connectivity index (χ0n) is 23.9. The molecule has 0 fully saturated rings. The maximum absolute atomic E-state index is 4.97. The molecule has 0 aliphatic rings. The molecular weight excluding hydrogens is 585 g/mol. The Labute approximate surface area is 265 Å². The lowest BCUT2D eigenvalue weighted by Gasteiger charge is -2.06. The van der Waals surface area contributed by atoms with Gasteiger partial charge in [-0.25, -0.2) is 0 Å². The van der Waals surface area contributed by atoms with Crippen LogP contribution in [0.2, 0.25) is 0 Å². The lowest BCUT2D eigenvalue weighted by Crippen LogP contribution is -1.87. The van der Waals surface area contributed by atoms with Crippen LogP contribution >= 0.6 is 22.7 Å². The van der Waals surface area contributed by atoms with Gasteiger partial charge in [-0.1, -0.05) is 84.9 Å². The summed E-state index contributed by atoms with van der Waals surface area (Å²) >= 11 is 3.73. The number of nitrogens with zero attached hydrogens (tertiary/aromatic N) is 2. The van der Waals surface area contributed by atoms with Crippen LogP contribution in [0.1, 0.15) is 0 Å². The van der Waals surface area contributed by atoms with Crippen LogP contribution in [-0.4, -0.2) is 9.38 Å². The molecule has 0 aliphatic carbocycles. The van der Waals surface area contributed by atoms with E-state index in [1.807, 2.05) is 28.9 Å². The van der Waals surface area contributed by atoms with E-state index in [0.29, 0.717) is 0 Å². The third kappa shape index (κ3) is 3.10. The molecule has 0 N–H and O–H groups in total. The van der Waals surface area contributed by atoms with Crippen molar-refractivity contribution < 1.29 is 0 Å². The molecule has 0 amide bonds. The van der Waals surface area contributed by atoms with Crippen LogP contribution in [0, 0.1) is 0 Å². The summed E-state index contributed by atoms with van der Waals surface area (Å²) in [7, 11) is 0. The number of thiophene rings is 2. The van der Waals surface area contributed by atoms with Crippen molar-refractivity contribution in [1.29, 1.82) is 0 Å². The third-order valence-electron chi connectivity index (χ3n) is 9.60. The predicted molar refractivity (Wildman–Crippen MR) is 196 cm³/mol. The maximum atomic E-state index is 4.97. The molecule has 5 heterocycles. The quantitative estimate of drug-likeness (QED) is 0.182. The summed E-state index contributed by atoms with van der Waals surface area (Å²) in [6.07, 6.45) is 1.96. The van der Waals surface area contributed by atoms with Gasteiger partial charge in [-0.2, -0.15) is 0 Å². The summed E-state index contributed by atoms with van der Waals surface area (Å²) in [4.78, 5) is 4.97. The standard InChI is InChI=1S/C41H22N2S2/c1-3-14-32-24(8-1)26-10-6-16-35-37(26)38-27(11-7-17-36(38)44-35)28-12-5-13-29-31-22-23(18-19-33(31)43(32)40(28)29)39-41-30(20-21-42-39)25-9-2-4-15-34(25)45-41/h1-22H. The largest absolute Gasteiger partial charge is 0.308 e. The Morgan fingerprint density at radius 1 is 0.444 bits per heavy atom. The Morgan fingerprint density at radius 2 is 1.07 bits per heavy atom. The smallest absolute Gasteiger partial charge is 0.0880 e. The first-order chi connectivity index (χ1) is 22.3. The SMILES string of the molecule is c1ccc2c(c1)sc1c(-c3ccc4c(c3)c3cccc5c6cccc7sc8cccc(c9ccccc9n4c53)c8c76)nccc12. The average Bonchev–Trinajstić information content (AvgIpc) is 3.77. The van der Waals surface area contributed by atoms with Crippen LogP contribution in [0.25, 0.3) is 100 Å². The van der Waals surface area contributed by atoms with Crippen molar-refractivity contribution in [3.05, 3.63) is 134 Å². The van der Waals surface area contributed by atoms with Gasteiger partial charge < -0.3 is 4.40 Å². The zero-order valence-corrected chi connectivity index (χ0v) is 25.5. The summed E-state index contributed by atoms with van der Waals surface area (Å²) in [6, 6.07) is 47.2. The van der Waals surface area contributed by atoms with Gasteiger partial charge in [-0.15, -0.1) is 22.7 Å². The second-order valence-corrected chi connectivity index (χ2v) is 14.0. The Kier molecular flexibility index (Phi) is 4.64. The number of pyridine rings is 1. The van der Waals surface area contributed by atoms with Crippen LogP contribution in [0.4, 0.5) is 0 Å². The van der Waals surface area contributed by atoms with Crippen LogP contribution in [0.3, 0.4) is 0 Å². The van der Waals surface area contributed by atoms with Crippen LogP contribution in [0.5, 0.6) is 0 Å². The molecule has 0 saturated heterocycles. The van der Waals surface area contributed by atoms with E-state index in [1.54, 1.807) is 0 Å². The highest BCUT2D eigenvalue weighted by molar-refractivity contribution is 7.26. The molecule has 0 aliphatic heterocycles. The number of hydrogen-bond acceptors (Lipinski definition) is 3. The number of benzene rings is 6. The number of rotatable bonds is 1. The van der Waals surface area contributed by atoms with Gasteiger partial charge >= 0.3 is 0 Å². The van der Waals surface area contributed by atoms with E-state index in [-0.39, 0.29) is 0 Å². The minimum Gasteiger partial charge on any atom is -0.308 e. The molecule has 5 aromatic heterocycles. The lowest BCUT2D eigenvalue weighted by atomic mass is 10.0. The van der Waals surface area contributed by atoms with E-state index < -0.39 is 0 Å². The fourth-order valence-corrected chi connectivity index (χ4v) is 10.1. The highest BCUT2D eigenvalue weighted by Crippen LogP contribution is 2.45. The first kappa shape index (κ1) is 24.1. The summed E-state index contributed by atoms with van der Waals surface area (Å²) in [5.41, 5.74) is 5.87. The van der Waals surface area contributed by atoms with Crippen LogP contribution in [0.15, 0.2) is 134 Å². The van der Waals surface area contributed by atoms with Crippen LogP contribution in [-0.2, 0) is 0 Å². The van der Waals surface area contributed by atoms with Gasteiger partial charge in [0.25, 0.3) is 0 Å². The van der Waals surface area contributed by atoms with Crippen LogP contribution < -0.4 is 0 Å². The van der Waals surface area contributed by atoms with Crippen molar-refractivity contribution in [3.63, 3.8) is 0 Å². The number of aromatic nitrogens is 2. The van der Waals surface area contributed by atoms with Gasteiger partial charge in [-0.05, 0) is 53.2 Å². The van der Waals surface area contributed by atoms with E-state index in [9.17, 15) is 0 Å². The molecule has 6 aromatic carbocycles. The fourth-order valence-electron chi connectivity index (χ4n) is 7.75. The molecule has 0 bridgehead atoms. The van der Waals surface area contributed by atoms with Crippen molar-refractivity contribution in [2.24, 2.45) is 0 Å². The molecule has 0 saturated carbocycles. The minimum atomic E-state index is 1.05. The van der Waals surface area contributed by atoms with Gasteiger partial charge in [0.05, 0.1) is 26.9 Å². The van der Waals surface area contributed by atoms with Crippen molar-refractivity contribution in [2.75, 3.05) is 0 Å². The second kappa shape index (κ2) is 8.66. The summed E-state index contributed by atoms with van der Waals surface area (Å²) in [5, 5.41) is 12.9. The Hall–Kier alpha value is -5.29. The molecule has 11 aromatic rings. The second-order valence-electron chi connectivity index (χ2n) is 11.9. The fraction of sp³-hybridized carbons (Fsp3) is 0. The average molecular weight is 607 g/mol. The van der Waals surface area contributed by atoms with E-state index in [1.165, 1.54) is 89.2 Å². The highest BCUT2D eigenvalue weighted by Gasteiger charge is 2.19. The molecule has 0 radical (unpaired) electrons. The summed E-state index contributed by atoms with van der Waals surface area (Å²) in [5.74, 6) is 0. The third-order valence-corrected chi connectivity index (χ3v) is 11.9. The summed E-state index contributed by atoms with van der Waals surface area (Å²) < 4.78 is 7.72. The first-order valence-corrected chi connectivity index (χ1v) is 16.8. The molecular formula is C41H22N2S2. The van der Waals surface area contributed by atoms with E-state index in [2.05, 4.69) is 132 Å². The molecule has 2 nitrogen and oxygen atoms in total. The highest BCUT2D eigenvalue weighted by atomic mass is 32.1. The molecule has 4 heteroatoms. The summed E-state index contributed by atoms with van der Waals surface area (Å²) in [6.45, 7) is 0. The lowest BCUT2D eigenvalue weighted by molar-refractivity contribution is 1.35. The Morgan fingerprint density at radius 3 is 1.91 bits per heavy atom. The topological polar surface area (TPSA) is 17.3 Å². The van der Waals surface area contributed by atoms with E-state index in [4.69, 9.17) is 4.98 Å². The van der Waals surface area contributed by atoms with E-state index in [0.717, 1.165) is 11.3 Å². The molecule has 0 atom stereocenters. The maximum Gasteiger partial charge on any atom is 0.0880 e. The van der Waals surface area contributed by atoms with Crippen molar-refractivity contribution in [1.82, 2.24) is 9.38 Å². The number of hydrogen-bond donors (Lipinski definition) is 0. The van der Waals surface area contributed by atoms with Gasteiger partial charge in [0.15, 0.2) is 0 Å². The molecule has 208 valence electrons. The predicted octanol–water partition coefficient (Wildman–Crippen LogP) is 12.3. The molecule has 0 spiro atoms. The first-order valence-electron chi connectivity index (χ1n) is 15.2. The van der Waals surface area contributed by atoms with Crippen molar-refractivity contribution in [3.8, 4) is 11.3 Å². The van der Waals surface area contributed by atoms with Gasteiger partial charge in [-0.3, -0.25) is 4.98 Å². The Bertz CT molecular complexity index is 3050. The zero-order chi connectivity index (χ0) is 29.2. The minimum absolute atomic E-state index is 1.05. The number of para-hydroxylation sites is 2. The van der Waals surface area contributed by atoms with Crippen molar-refractivity contribution >= 4 is 112 Å². The van der Waals surface area contributed by atoms with Gasteiger partial charge in [0, 0.05) is 68.9 Å². The van der Waals surface area contributed by atoms with Gasteiger partial charge in [0.1, 0.15) is 0 Å². The molecule has 11 rings (SSSR count). The van der Waals surface area contributed by atoms with Crippen molar-refractivity contribution in [2.45, 2.75) is 0 Å². The Balaban J connectivity index is 1.37.